The van der Waals surface area contributed by atoms with Gasteiger partial charge in [-0.3, -0.25) is 10.3 Å². The minimum atomic E-state index is -0.0220. The number of hydrogen-bond donors (Lipinski definition) is 2. The lowest BCUT2D eigenvalue weighted by Gasteiger charge is -2.31. The number of nitriles is 1. The molecule has 0 fully saturated rings. The summed E-state index contributed by atoms with van der Waals surface area (Å²) in [6.45, 7) is 5.67. The quantitative estimate of drug-likeness (QED) is 0.329. The molecular weight excluding hydrogens is 322 g/mol. The van der Waals surface area contributed by atoms with Crippen LogP contribution >= 0.6 is 0 Å². The zero-order valence-electron chi connectivity index (χ0n) is 15.6. The predicted octanol–water partition coefficient (Wildman–Crippen LogP) is 3.75. The summed E-state index contributed by atoms with van der Waals surface area (Å²) in [7, 11) is 0. The molecule has 1 unspecified atom stereocenters. The van der Waals surface area contributed by atoms with Gasteiger partial charge in [-0.15, -0.1) is 0 Å². The predicted molar refractivity (Wildman–Crippen MR) is 105 cm³/mol. The molecule has 136 valence electrons. The Hall–Kier alpha value is -2.87. The van der Waals surface area contributed by atoms with Crippen LogP contribution in [0, 0.1) is 11.5 Å². The molecule has 2 aromatic rings. The van der Waals surface area contributed by atoms with Gasteiger partial charge >= 0.3 is 0 Å². The van der Waals surface area contributed by atoms with Crippen molar-refractivity contribution in [3.8, 4) is 6.19 Å². The number of aliphatic imine (C=N–C) groups is 1. The topological polar surface area (TPSA) is 73.1 Å². The van der Waals surface area contributed by atoms with Gasteiger partial charge in [0.05, 0.1) is 6.54 Å². The molecule has 1 heterocycles. The first-order valence-electron chi connectivity index (χ1n) is 9.06. The van der Waals surface area contributed by atoms with E-state index in [-0.39, 0.29) is 5.41 Å². The molecule has 5 heteroatoms. The van der Waals surface area contributed by atoms with Crippen molar-refractivity contribution in [3.05, 3.63) is 66.0 Å². The maximum absolute atomic E-state index is 9.03. The Balaban J connectivity index is 2.09. The highest BCUT2D eigenvalue weighted by Gasteiger charge is 2.26. The van der Waals surface area contributed by atoms with Gasteiger partial charge in [-0.2, -0.15) is 5.26 Å². The number of benzene rings is 1. The van der Waals surface area contributed by atoms with Gasteiger partial charge in [0.1, 0.15) is 0 Å². The summed E-state index contributed by atoms with van der Waals surface area (Å²) in [6.07, 6.45) is 8.84. The summed E-state index contributed by atoms with van der Waals surface area (Å²) in [6, 6.07) is 14.4. The van der Waals surface area contributed by atoms with E-state index >= 15 is 0 Å². The lowest BCUT2D eigenvalue weighted by molar-refractivity contribution is 0.410. The van der Waals surface area contributed by atoms with Crippen molar-refractivity contribution in [2.75, 3.05) is 6.54 Å². The van der Waals surface area contributed by atoms with Gasteiger partial charge in [0, 0.05) is 24.4 Å². The summed E-state index contributed by atoms with van der Waals surface area (Å²) >= 11 is 0. The Morgan fingerprint density at radius 2 is 1.92 bits per heavy atom. The molecule has 1 aromatic carbocycles. The second-order valence-electron chi connectivity index (χ2n) is 6.64. The molecule has 0 saturated carbocycles. The highest BCUT2D eigenvalue weighted by atomic mass is 15.2. The molecule has 0 radical (unpaired) electrons. The Morgan fingerprint density at radius 1 is 1.19 bits per heavy atom. The van der Waals surface area contributed by atoms with Crippen molar-refractivity contribution in [2.24, 2.45) is 4.99 Å². The summed E-state index contributed by atoms with van der Waals surface area (Å²) in [5.74, 6) is 0.503. The normalized spacial score (nSPS) is 13.5. The molecule has 5 nitrogen and oxygen atoms in total. The van der Waals surface area contributed by atoms with Crippen molar-refractivity contribution >= 4 is 5.96 Å². The minimum Gasteiger partial charge on any atom is -0.355 e. The van der Waals surface area contributed by atoms with Gasteiger partial charge in [-0.05, 0) is 29.7 Å². The van der Waals surface area contributed by atoms with E-state index in [9.17, 15) is 0 Å². The van der Waals surface area contributed by atoms with E-state index in [2.05, 4.69) is 58.7 Å². The number of nitrogens with zero attached hydrogens (tertiary/aromatic N) is 3. The highest BCUT2D eigenvalue weighted by molar-refractivity contribution is 5.81. The maximum Gasteiger partial charge on any atom is 0.205 e. The molecule has 2 rings (SSSR count). The number of rotatable bonds is 8. The SMILES string of the molecule is CCCCC(C)(CNC(=NCc1ccncc1)NC#N)c1ccccc1. The van der Waals surface area contributed by atoms with Crippen LogP contribution in [0.15, 0.2) is 59.9 Å². The Morgan fingerprint density at radius 3 is 2.58 bits per heavy atom. The molecular formula is C21H27N5. The Kier molecular flexibility index (Phi) is 7.63. The van der Waals surface area contributed by atoms with E-state index in [0.717, 1.165) is 24.8 Å². The maximum atomic E-state index is 9.03. The van der Waals surface area contributed by atoms with E-state index in [1.165, 1.54) is 5.56 Å². The fourth-order valence-electron chi connectivity index (χ4n) is 2.87. The molecule has 26 heavy (non-hydrogen) atoms. The first-order valence-corrected chi connectivity index (χ1v) is 9.06. The summed E-state index contributed by atoms with van der Waals surface area (Å²) < 4.78 is 0. The third-order valence-corrected chi connectivity index (χ3v) is 4.54. The third-order valence-electron chi connectivity index (χ3n) is 4.54. The molecule has 1 atom stereocenters. The second kappa shape index (κ2) is 10.2. The van der Waals surface area contributed by atoms with Crippen molar-refractivity contribution in [1.82, 2.24) is 15.6 Å². The van der Waals surface area contributed by atoms with Gasteiger partial charge in [0.2, 0.25) is 5.96 Å². The van der Waals surface area contributed by atoms with E-state index in [1.54, 1.807) is 12.4 Å². The average Bonchev–Trinajstić information content (AvgIpc) is 2.70. The van der Waals surface area contributed by atoms with Crippen molar-refractivity contribution in [3.63, 3.8) is 0 Å². The Bertz CT molecular complexity index is 721. The summed E-state index contributed by atoms with van der Waals surface area (Å²) in [5, 5.41) is 15.0. The smallest absolute Gasteiger partial charge is 0.205 e. The summed E-state index contributed by atoms with van der Waals surface area (Å²) in [4.78, 5) is 8.51. The van der Waals surface area contributed by atoms with Crippen LogP contribution < -0.4 is 10.6 Å². The van der Waals surface area contributed by atoms with Crippen LogP contribution in [-0.4, -0.2) is 17.5 Å². The first-order chi connectivity index (χ1) is 12.7. The molecule has 0 aliphatic rings. The first kappa shape index (κ1) is 19.5. The van der Waals surface area contributed by atoms with Gasteiger partial charge in [-0.25, -0.2) is 4.99 Å². The van der Waals surface area contributed by atoms with Crippen molar-refractivity contribution < 1.29 is 0 Å². The van der Waals surface area contributed by atoms with Gasteiger partial charge < -0.3 is 5.32 Å². The highest BCUT2D eigenvalue weighted by Crippen LogP contribution is 2.28. The van der Waals surface area contributed by atoms with Crippen LogP contribution in [0.2, 0.25) is 0 Å². The molecule has 0 spiro atoms. The fourth-order valence-corrected chi connectivity index (χ4v) is 2.87. The number of hydrogen-bond acceptors (Lipinski definition) is 3. The molecule has 0 amide bonds. The lowest BCUT2D eigenvalue weighted by Crippen LogP contribution is -2.43. The molecule has 0 aliphatic carbocycles. The second-order valence-corrected chi connectivity index (χ2v) is 6.64. The minimum absolute atomic E-state index is 0.0220. The van der Waals surface area contributed by atoms with Crippen LogP contribution in [0.4, 0.5) is 0 Å². The van der Waals surface area contributed by atoms with Crippen LogP contribution in [0.5, 0.6) is 0 Å². The van der Waals surface area contributed by atoms with Crippen molar-refractivity contribution in [1.29, 1.82) is 5.26 Å². The van der Waals surface area contributed by atoms with Gasteiger partial charge in [0.15, 0.2) is 6.19 Å². The van der Waals surface area contributed by atoms with Gasteiger partial charge in [0.25, 0.3) is 0 Å². The lowest BCUT2D eigenvalue weighted by atomic mass is 9.78. The number of guanidine groups is 1. The van der Waals surface area contributed by atoms with Crippen LogP contribution in [0.1, 0.15) is 44.2 Å². The standard InChI is InChI=1S/C21H27N5/c1-3-4-12-21(2,19-8-6-5-7-9-19)16-25-20(26-17-22)24-15-18-10-13-23-14-11-18/h5-11,13-14H,3-4,12,15-16H2,1-2H3,(H2,24,25,26). The zero-order chi connectivity index (χ0) is 18.7. The molecule has 2 N–H and O–H groups in total. The van der Waals surface area contributed by atoms with Crippen molar-refractivity contribution in [2.45, 2.75) is 45.1 Å². The molecule has 1 aromatic heterocycles. The molecule has 0 saturated heterocycles. The van der Waals surface area contributed by atoms with Crippen LogP contribution in [0.25, 0.3) is 0 Å². The fraction of sp³-hybridized carbons (Fsp3) is 0.381. The molecule has 0 bridgehead atoms. The monoisotopic (exact) mass is 349 g/mol. The number of nitrogens with one attached hydrogen (secondary N) is 2. The molecule has 0 aliphatic heterocycles. The number of aromatic nitrogens is 1. The van der Waals surface area contributed by atoms with E-state index in [0.29, 0.717) is 19.0 Å². The Labute approximate surface area is 156 Å². The summed E-state index contributed by atoms with van der Waals surface area (Å²) in [5.41, 5.74) is 2.33. The van der Waals surface area contributed by atoms with Gasteiger partial charge in [-0.1, -0.05) is 57.0 Å². The van der Waals surface area contributed by atoms with Crippen LogP contribution in [0.3, 0.4) is 0 Å². The third kappa shape index (κ3) is 5.89. The largest absolute Gasteiger partial charge is 0.355 e. The van der Waals surface area contributed by atoms with E-state index < -0.39 is 0 Å². The average molecular weight is 349 g/mol. The van der Waals surface area contributed by atoms with E-state index in [1.807, 2.05) is 24.4 Å². The van der Waals surface area contributed by atoms with E-state index in [4.69, 9.17) is 5.26 Å². The zero-order valence-corrected chi connectivity index (χ0v) is 15.6. The number of unbranched alkanes of at least 4 members (excludes halogenated alkanes) is 1. The van der Waals surface area contributed by atoms with Crippen LogP contribution in [-0.2, 0) is 12.0 Å². The number of pyridine rings is 1.